The van der Waals surface area contributed by atoms with Crippen LogP contribution >= 0.6 is 0 Å². The molecule has 12 heteroatoms. The number of nitriles is 1. The average Bonchev–Trinajstić information content (AvgIpc) is 3.72. The van der Waals surface area contributed by atoms with E-state index in [4.69, 9.17) is 4.43 Å². The van der Waals surface area contributed by atoms with Gasteiger partial charge in [0.1, 0.15) is 29.8 Å². The van der Waals surface area contributed by atoms with Crippen LogP contribution in [0.25, 0.3) is 0 Å². The van der Waals surface area contributed by atoms with Crippen LogP contribution in [0.4, 0.5) is 0 Å². The van der Waals surface area contributed by atoms with Gasteiger partial charge in [0.25, 0.3) is 8.32 Å². The molecule has 0 radical (unpaired) electrons. The van der Waals surface area contributed by atoms with Gasteiger partial charge >= 0.3 is 0 Å². The summed E-state index contributed by atoms with van der Waals surface area (Å²) in [5.74, 6) is -1.97. The Morgan fingerprint density at radius 2 is 1.57 bits per heavy atom. The average molecular weight is 804 g/mol. The Bertz CT molecular complexity index is 1970. The highest BCUT2D eigenvalue weighted by Gasteiger charge is 2.51. The monoisotopic (exact) mass is 803 g/mol. The van der Waals surface area contributed by atoms with Gasteiger partial charge in [0.2, 0.25) is 23.6 Å². The molecule has 0 unspecified atom stereocenters. The van der Waals surface area contributed by atoms with Gasteiger partial charge in [0.05, 0.1) is 11.6 Å². The number of nitrogens with zero attached hydrogens (tertiary/aromatic N) is 2. The van der Waals surface area contributed by atoms with Gasteiger partial charge < -0.3 is 25.3 Å². The van der Waals surface area contributed by atoms with E-state index in [-0.39, 0.29) is 36.0 Å². The minimum Gasteiger partial charge on any atom is -0.397 e. The molecule has 0 aliphatic carbocycles. The molecular formula is C46H57N5O6Si. The number of hydrogen-bond donors (Lipinski definition) is 3. The topological polar surface area (TPSA) is 158 Å². The zero-order valence-corrected chi connectivity index (χ0v) is 35.5. The number of hydrogen-bond acceptors (Lipinski definition) is 7. The Morgan fingerprint density at radius 3 is 2.14 bits per heavy atom. The number of amides is 4. The Morgan fingerprint density at radius 1 is 0.948 bits per heavy atom. The molecule has 58 heavy (non-hydrogen) atoms. The second-order valence-corrected chi connectivity index (χ2v) is 20.9. The summed E-state index contributed by atoms with van der Waals surface area (Å²) in [6.45, 7) is 12.0. The van der Waals surface area contributed by atoms with Crippen LogP contribution in [-0.4, -0.2) is 78.9 Å². The standard InChI is InChI=1S/C46H57N5O6Si/c1-7-46(6)44(56)49-38(30-33-25-27-34(31-47)28-26-33)43(55)51-29-17-23-39(51)42(54)48-37(41(53)50-46)22-15-10-16-24-40(52)32(2)57-58(45(3,4)5,35-18-11-8-12-19-35)36-20-13-9-14-21-36/h8-9,11-14,16,18-21,24-28,32,37-39H,7,10,15,17,22-23,29-30H2,1-6H3,(H,48,54)(H,49,56)(H,50,53)/b24-16+/t32-,37+,38+,39-,46+/m1/s1. The Kier molecular flexibility index (Phi) is 14.3. The first-order valence-electron chi connectivity index (χ1n) is 20.4. The van der Waals surface area contributed by atoms with Crippen LogP contribution in [0.2, 0.25) is 5.04 Å². The number of carbonyl (C=O) groups excluding carboxylic acids is 5. The molecule has 2 heterocycles. The number of unbranched alkanes of at least 4 members (excludes halogenated alkanes) is 1. The van der Waals surface area contributed by atoms with Crippen LogP contribution in [0.5, 0.6) is 0 Å². The molecule has 5 atom stereocenters. The van der Waals surface area contributed by atoms with Crippen LogP contribution in [0.15, 0.2) is 97.1 Å². The second kappa shape index (κ2) is 18.9. The lowest BCUT2D eigenvalue weighted by atomic mass is 9.94. The van der Waals surface area contributed by atoms with Crippen molar-refractivity contribution in [2.75, 3.05) is 6.54 Å². The van der Waals surface area contributed by atoms with Crippen molar-refractivity contribution < 1.29 is 28.4 Å². The van der Waals surface area contributed by atoms with Gasteiger partial charge in [-0.3, -0.25) is 24.0 Å². The zero-order chi connectivity index (χ0) is 42.1. The third kappa shape index (κ3) is 9.83. The first-order chi connectivity index (χ1) is 27.6. The van der Waals surface area contributed by atoms with Crippen LogP contribution < -0.4 is 26.3 Å². The number of ketones is 1. The number of allylic oxidation sites excluding steroid dienone is 1. The van der Waals surface area contributed by atoms with E-state index in [9.17, 15) is 29.2 Å². The maximum atomic E-state index is 14.1. The lowest BCUT2D eigenvalue weighted by Gasteiger charge is -2.44. The molecule has 0 spiro atoms. The smallest absolute Gasteiger partial charge is 0.262 e. The molecule has 0 saturated carbocycles. The van der Waals surface area contributed by atoms with E-state index < -0.39 is 55.8 Å². The fourth-order valence-corrected chi connectivity index (χ4v) is 12.6. The molecule has 2 fully saturated rings. The van der Waals surface area contributed by atoms with E-state index in [1.807, 2.05) is 36.4 Å². The highest BCUT2D eigenvalue weighted by Crippen LogP contribution is 2.37. The van der Waals surface area contributed by atoms with Crippen molar-refractivity contribution in [2.45, 2.75) is 121 Å². The summed E-state index contributed by atoms with van der Waals surface area (Å²) < 4.78 is 6.97. The fraction of sp³-hybridized carbons (Fsp3) is 0.435. The zero-order valence-electron chi connectivity index (χ0n) is 34.5. The molecule has 0 bridgehead atoms. The molecular weight excluding hydrogens is 747 g/mol. The van der Waals surface area contributed by atoms with Crippen molar-refractivity contribution in [3.8, 4) is 6.07 Å². The predicted molar refractivity (Wildman–Crippen MR) is 226 cm³/mol. The minimum absolute atomic E-state index is 0.151. The number of fused-ring (bicyclic) bond motifs is 1. The highest BCUT2D eigenvalue weighted by atomic mass is 28.4. The summed E-state index contributed by atoms with van der Waals surface area (Å²) in [5.41, 5.74) is -0.162. The molecule has 3 N–H and O–H groups in total. The summed E-state index contributed by atoms with van der Waals surface area (Å²) in [6, 6.07) is 26.4. The van der Waals surface area contributed by atoms with Crippen LogP contribution in [0.1, 0.15) is 91.2 Å². The van der Waals surface area contributed by atoms with Gasteiger partial charge in [-0.2, -0.15) is 5.26 Å². The van der Waals surface area contributed by atoms with E-state index >= 15 is 0 Å². The molecule has 2 aliphatic rings. The van der Waals surface area contributed by atoms with Crippen LogP contribution in [0.3, 0.4) is 0 Å². The first-order valence-corrected chi connectivity index (χ1v) is 22.3. The predicted octanol–water partition coefficient (Wildman–Crippen LogP) is 4.62. The van der Waals surface area contributed by atoms with Gasteiger partial charge in [0, 0.05) is 13.0 Å². The summed E-state index contributed by atoms with van der Waals surface area (Å²) in [6.07, 6.45) is 5.15. The highest BCUT2D eigenvalue weighted by molar-refractivity contribution is 6.99. The second-order valence-electron chi connectivity index (χ2n) is 16.6. The van der Waals surface area contributed by atoms with Crippen molar-refractivity contribution in [2.24, 2.45) is 0 Å². The van der Waals surface area contributed by atoms with Crippen molar-refractivity contribution in [3.63, 3.8) is 0 Å². The molecule has 306 valence electrons. The van der Waals surface area contributed by atoms with Gasteiger partial charge in [-0.15, -0.1) is 0 Å². The van der Waals surface area contributed by atoms with E-state index in [0.29, 0.717) is 37.8 Å². The van der Waals surface area contributed by atoms with Crippen molar-refractivity contribution in [1.29, 1.82) is 5.26 Å². The summed E-state index contributed by atoms with van der Waals surface area (Å²) in [4.78, 5) is 70.8. The molecule has 3 aromatic rings. The van der Waals surface area contributed by atoms with Crippen LogP contribution in [0, 0.1) is 11.3 Å². The van der Waals surface area contributed by atoms with Crippen molar-refractivity contribution >= 4 is 48.1 Å². The van der Waals surface area contributed by atoms with Gasteiger partial charge in [0.15, 0.2) is 5.78 Å². The summed E-state index contributed by atoms with van der Waals surface area (Å²) >= 11 is 0. The third-order valence-electron chi connectivity index (χ3n) is 11.5. The van der Waals surface area contributed by atoms with E-state index in [1.165, 1.54) is 11.0 Å². The maximum absolute atomic E-state index is 14.1. The third-order valence-corrected chi connectivity index (χ3v) is 16.6. The lowest BCUT2D eigenvalue weighted by Crippen LogP contribution is -2.68. The molecule has 2 aliphatic heterocycles. The first kappa shape index (κ1) is 43.7. The number of nitrogens with one attached hydrogen (secondary N) is 3. The minimum atomic E-state index is -2.95. The number of rotatable bonds is 13. The molecule has 5 rings (SSSR count). The largest absolute Gasteiger partial charge is 0.397 e. The van der Waals surface area contributed by atoms with E-state index in [1.54, 1.807) is 51.1 Å². The normalized spacial score (nSPS) is 22.5. The van der Waals surface area contributed by atoms with E-state index in [2.05, 4.69) is 67.1 Å². The van der Waals surface area contributed by atoms with Crippen molar-refractivity contribution in [3.05, 3.63) is 108 Å². The fourth-order valence-electron chi connectivity index (χ4n) is 7.96. The molecule has 0 aromatic heterocycles. The molecule has 3 aromatic carbocycles. The van der Waals surface area contributed by atoms with E-state index in [0.717, 1.165) is 15.9 Å². The van der Waals surface area contributed by atoms with Crippen molar-refractivity contribution in [1.82, 2.24) is 20.9 Å². The molecule has 11 nitrogen and oxygen atoms in total. The molecule has 2 saturated heterocycles. The van der Waals surface area contributed by atoms with Gasteiger partial charge in [-0.25, -0.2) is 0 Å². The Labute approximate surface area is 343 Å². The lowest BCUT2D eigenvalue weighted by molar-refractivity contribution is -0.144. The van der Waals surface area contributed by atoms with Gasteiger partial charge in [-0.05, 0) is 91.6 Å². The SMILES string of the molecule is CC[C@]1(C)NC(=O)[C@H](CCC/C=C/C(=O)[C@@H](C)O[Si](c2ccccc2)(c2ccccc2)C(C)(C)C)NC(=O)[C@H]2CCCN2C(=O)[C@H](Cc2ccc(C#N)cc2)NC1=O. The Hall–Kier alpha value is -5.38. The molecule has 4 amide bonds. The van der Waals surface area contributed by atoms with Crippen LogP contribution in [-0.2, 0) is 34.8 Å². The summed E-state index contributed by atoms with van der Waals surface area (Å²) in [7, 11) is -2.95. The quantitative estimate of drug-likeness (QED) is 0.129. The Balaban J connectivity index is 1.29. The van der Waals surface area contributed by atoms with Gasteiger partial charge in [-0.1, -0.05) is 107 Å². The summed E-state index contributed by atoms with van der Waals surface area (Å²) in [5, 5.41) is 19.8. The maximum Gasteiger partial charge on any atom is 0.262 e. The number of carbonyl (C=O) groups is 5. The number of benzene rings is 3.